The van der Waals surface area contributed by atoms with Gasteiger partial charge in [-0.3, -0.25) is 0 Å². The Labute approximate surface area is 137 Å². The van der Waals surface area contributed by atoms with Crippen LogP contribution in [0.25, 0.3) is 0 Å². The molecule has 2 aromatic rings. The van der Waals surface area contributed by atoms with Gasteiger partial charge in [0.15, 0.2) is 0 Å². The molecule has 7 heteroatoms. The average Bonchev–Trinajstić information content (AvgIpc) is 2.80. The lowest BCUT2D eigenvalue weighted by Crippen LogP contribution is -2.26. The summed E-state index contributed by atoms with van der Waals surface area (Å²) in [4.78, 5) is 1.12. The molecule has 0 aliphatic carbocycles. The number of nitrogens with zero attached hydrogens (tertiary/aromatic N) is 1. The standard InChI is InChI=1S/C14H17BrN2O2S2/c1-10-4-3-5-11(6-10)9-17(2)21(18,19)13-7-12(8-16)20-14(13)15/h3-7H,8-9,16H2,1-2H3. The van der Waals surface area contributed by atoms with E-state index in [1.807, 2.05) is 31.2 Å². The summed E-state index contributed by atoms with van der Waals surface area (Å²) < 4.78 is 27.2. The average molecular weight is 389 g/mol. The van der Waals surface area contributed by atoms with E-state index in [2.05, 4.69) is 15.9 Å². The summed E-state index contributed by atoms with van der Waals surface area (Å²) >= 11 is 4.67. The van der Waals surface area contributed by atoms with Crippen molar-refractivity contribution in [2.24, 2.45) is 5.73 Å². The molecule has 0 fully saturated rings. The van der Waals surface area contributed by atoms with Gasteiger partial charge in [0, 0.05) is 25.0 Å². The van der Waals surface area contributed by atoms with Gasteiger partial charge < -0.3 is 5.73 Å². The molecule has 0 saturated carbocycles. The quantitative estimate of drug-likeness (QED) is 0.855. The summed E-state index contributed by atoms with van der Waals surface area (Å²) in [7, 11) is -1.94. The Bertz CT molecular complexity index is 741. The van der Waals surface area contributed by atoms with Gasteiger partial charge in [0.25, 0.3) is 0 Å². The summed E-state index contributed by atoms with van der Waals surface area (Å²) in [5, 5.41) is 0. The minimum absolute atomic E-state index is 0.281. The van der Waals surface area contributed by atoms with Gasteiger partial charge in [0.2, 0.25) is 10.0 Å². The molecular weight excluding hydrogens is 372 g/mol. The Kier molecular flexibility index (Phi) is 5.21. The first-order valence-electron chi connectivity index (χ1n) is 6.34. The summed E-state index contributed by atoms with van der Waals surface area (Å²) in [6, 6.07) is 9.46. The van der Waals surface area contributed by atoms with Gasteiger partial charge in [-0.2, -0.15) is 4.31 Å². The summed E-state index contributed by atoms with van der Waals surface area (Å²) in [6.07, 6.45) is 0. The van der Waals surface area contributed by atoms with Crippen LogP contribution in [0, 0.1) is 6.92 Å². The molecule has 1 aromatic heterocycles. The van der Waals surface area contributed by atoms with E-state index in [1.54, 1.807) is 13.1 Å². The maximum absolute atomic E-state index is 12.6. The first-order chi connectivity index (χ1) is 9.84. The van der Waals surface area contributed by atoms with E-state index < -0.39 is 10.0 Å². The topological polar surface area (TPSA) is 63.4 Å². The Morgan fingerprint density at radius 3 is 2.62 bits per heavy atom. The zero-order chi connectivity index (χ0) is 15.6. The van der Waals surface area contributed by atoms with Crippen LogP contribution < -0.4 is 5.73 Å². The largest absolute Gasteiger partial charge is 0.326 e. The van der Waals surface area contributed by atoms with Crippen LogP contribution in [0.3, 0.4) is 0 Å². The van der Waals surface area contributed by atoms with Crippen LogP contribution in [0.2, 0.25) is 0 Å². The molecule has 21 heavy (non-hydrogen) atoms. The fraction of sp³-hybridized carbons (Fsp3) is 0.286. The van der Waals surface area contributed by atoms with Crippen molar-refractivity contribution in [1.82, 2.24) is 4.31 Å². The summed E-state index contributed by atoms with van der Waals surface area (Å²) in [5.41, 5.74) is 7.65. The van der Waals surface area contributed by atoms with Crippen molar-refractivity contribution in [2.45, 2.75) is 24.9 Å². The molecule has 0 bridgehead atoms. The number of aryl methyl sites for hydroxylation is 1. The van der Waals surface area contributed by atoms with Crippen LogP contribution >= 0.6 is 27.3 Å². The highest BCUT2D eigenvalue weighted by atomic mass is 79.9. The molecule has 0 aliphatic rings. The molecule has 1 heterocycles. The van der Waals surface area contributed by atoms with Crippen molar-refractivity contribution in [3.05, 3.63) is 50.1 Å². The number of benzene rings is 1. The SMILES string of the molecule is Cc1cccc(CN(C)S(=O)(=O)c2cc(CN)sc2Br)c1. The molecule has 0 amide bonds. The van der Waals surface area contributed by atoms with E-state index in [4.69, 9.17) is 5.73 Å². The number of hydrogen-bond donors (Lipinski definition) is 1. The number of thiophene rings is 1. The molecule has 1 aromatic carbocycles. The van der Waals surface area contributed by atoms with Gasteiger partial charge in [0.1, 0.15) is 4.90 Å². The highest BCUT2D eigenvalue weighted by Gasteiger charge is 2.25. The molecule has 0 radical (unpaired) electrons. The van der Waals surface area contributed by atoms with Gasteiger partial charge in [-0.15, -0.1) is 11.3 Å². The second-order valence-electron chi connectivity index (χ2n) is 4.80. The molecule has 0 atom stereocenters. The van der Waals surface area contributed by atoms with E-state index in [1.165, 1.54) is 15.6 Å². The third-order valence-corrected chi connectivity index (χ3v) is 7.16. The highest BCUT2D eigenvalue weighted by molar-refractivity contribution is 9.11. The molecule has 0 unspecified atom stereocenters. The van der Waals surface area contributed by atoms with Gasteiger partial charge in [-0.05, 0) is 34.5 Å². The number of hydrogen-bond acceptors (Lipinski definition) is 4. The predicted molar refractivity (Wildman–Crippen MR) is 89.7 cm³/mol. The highest BCUT2D eigenvalue weighted by Crippen LogP contribution is 2.33. The third-order valence-electron chi connectivity index (χ3n) is 3.08. The lowest BCUT2D eigenvalue weighted by molar-refractivity contribution is 0.466. The van der Waals surface area contributed by atoms with Crippen molar-refractivity contribution in [2.75, 3.05) is 7.05 Å². The van der Waals surface area contributed by atoms with E-state index in [0.717, 1.165) is 16.0 Å². The Hall–Kier alpha value is -0.730. The molecule has 114 valence electrons. The van der Waals surface area contributed by atoms with E-state index in [9.17, 15) is 8.42 Å². The van der Waals surface area contributed by atoms with Crippen molar-refractivity contribution < 1.29 is 8.42 Å². The van der Waals surface area contributed by atoms with E-state index >= 15 is 0 Å². The predicted octanol–water partition coefficient (Wildman–Crippen LogP) is 3.10. The number of nitrogens with two attached hydrogens (primary N) is 1. The van der Waals surface area contributed by atoms with Crippen molar-refractivity contribution in [1.29, 1.82) is 0 Å². The summed E-state index contributed by atoms with van der Waals surface area (Å²) in [5.74, 6) is 0. The number of rotatable bonds is 5. The third kappa shape index (κ3) is 3.73. The van der Waals surface area contributed by atoms with Crippen molar-refractivity contribution >= 4 is 37.3 Å². The maximum atomic E-state index is 12.6. The van der Waals surface area contributed by atoms with Crippen molar-refractivity contribution in [3.8, 4) is 0 Å². The van der Waals surface area contributed by atoms with Crippen LogP contribution in [0.1, 0.15) is 16.0 Å². The normalized spacial score (nSPS) is 12.0. The lowest BCUT2D eigenvalue weighted by Gasteiger charge is -2.17. The monoisotopic (exact) mass is 388 g/mol. The van der Waals surface area contributed by atoms with Crippen LogP contribution in [0.15, 0.2) is 39.0 Å². The molecule has 0 aliphatic heterocycles. The molecule has 2 N–H and O–H groups in total. The molecule has 0 spiro atoms. The second kappa shape index (κ2) is 6.58. The van der Waals surface area contributed by atoms with Gasteiger partial charge >= 0.3 is 0 Å². The fourth-order valence-corrected chi connectivity index (χ4v) is 5.66. The Balaban J connectivity index is 2.28. The van der Waals surface area contributed by atoms with Crippen LogP contribution in [0.5, 0.6) is 0 Å². The van der Waals surface area contributed by atoms with Crippen LogP contribution in [0.4, 0.5) is 0 Å². The van der Waals surface area contributed by atoms with Crippen LogP contribution in [-0.4, -0.2) is 19.8 Å². The zero-order valence-electron chi connectivity index (χ0n) is 11.8. The van der Waals surface area contributed by atoms with Gasteiger partial charge in [-0.1, -0.05) is 29.8 Å². The maximum Gasteiger partial charge on any atom is 0.245 e. The van der Waals surface area contributed by atoms with Gasteiger partial charge in [0.05, 0.1) is 3.79 Å². The second-order valence-corrected chi connectivity index (χ2v) is 9.27. The number of halogens is 1. The zero-order valence-corrected chi connectivity index (χ0v) is 15.1. The Morgan fingerprint density at radius 1 is 1.33 bits per heavy atom. The molecular formula is C14H17BrN2O2S2. The molecule has 4 nitrogen and oxygen atoms in total. The fourth-order valence-electron chi connectivity index (χ4n) is 1.99. The van der Waals surface area contributed by atoms with Crippen LogP contribution in [-0.2, 0) is 23.1 Å². The van der Waals surface area contributed by atoms with Gasteiger partial charge in [-0.25, -0.2) is 8.42 Å². The van der Waals surface area contributed by atoms with E-state index in [0.29, 0.717) is 16.9 Å². The van der Waals surface area contributed by atoms with E-state index in [-0.39, 0.29) is 4.90 Å². The first kappa shape index (κ1) is 16.6. The minimum Gasteiger partial charge on any atom is -0.326 e. The smallest absolute Gasteiger partial charge is 0.245 e. The number of sulfonamides is 1. The Morgan fingerprint density at radius 2 is 2.05 bits per heavy atom. The first-order valence-corrected chi connectivity index (χ1v) is 9.39. The lowest BCUT2D eigenvalue weighted by atomic mass is 10.1. The summed E-state index contributed by atoms with van der Waals surface area (Å²) in [6.45, 7) is 2.66. The van der Waals surface area contributed by atoms with Crippen molar-refractivity contribution in [3.63, 3.8) is 0 Å². The minimum atomic E-state index is -3.53. The molecule has 2 rings (SSSR count). The molecule has 0 saturated heterocycles.